The summed E-state index contributed by atoms with van der Waals surface area (Å²) in [5.41, 5.74) is 0.128. The molecule has 2 rings (SSSR count). The molecule has 0 atom stereocenters. The van der Waals surface area contributed by atoms with Crippen LogP contribution in [-0.4, -0.2) is 46.0 Å². The van der Waals surface area contributed by atoms with Gasteiger partial charge < -0.3 is 0 Å². The Bertz CT molecular complexity index is 656. The number of amides is 4. The van der Waals surface area contributed by atoms with Crippen molar-refractivity contribution < 1.29 is 19.2 Å². The highest BCUT2D eigenvalue weighted by atomic mass is 35.5. The van der Waals surface area contributed by atoms with Crippen molar-refractivity contribution in [2.24, 2.45) is 0 Å². The minimum Gasteiger partial charge on any atom is -0.292 e. The standard InChI is InChI=1S/C12H10Cl2N2O4S/c1-5(2)16-11(19)10(18)15(12(16)20)4-7(17)6-3-8(13)21-9(6)14/h3,5H,4H2,1-2H3. The topological polar surface area (TPSA) is 74.8 Å². The quantitative estimate of drug-likeness (QED) is 0.475. The number of thiophene rings is 1. The maximum atomic E-state index is 12.1. The summed E-state index contributed by atoms with van der Waals surface area (Å²) in [5.74, 6) is -2.50. The van der Waals surface area contributed by atoms with Gasteiger partial charge in [-0.2, -0.15) is 0 Å². The molecule has 2 heterocycles. The van der Waals surface area contributed by atoms with Crippen molar-refractivity contribution >= 4 is 58.2 Å². The molecule has 1 aromatic rings. The van der Waals surface area contributed by atoms with Crippen LogP contribution in [0.4, 0.5) is 4.79 Å². The average molecular weight is 349 g/mol. The number of nitrogens with zero attached hydrogens (tertiary/aromatic N) is 2. The van der Waals surface area contributed by atoms with E-state index in [4.69, 9.17) is 23.2 Å². The summed E-state index contributed by atoms with van der Waals surface area (Å²) in [5, 5.41) is 0. The Labute approximate surface area is 134 Å². The smallest absolute Gasteiger partial charge is 0.292 e. The third-order valence-corrected chi connectivity index (χ3v) is 4.35. The number of hydrogen-bond acceptors (Lipinski definition) is 5. The van der Waals surface area contributed by atoms with Crippen LogP contribution >= 0.6 is 34.5 Å². The lowest BCUT2D eigenvalue weighted by Gasteiger charge is -2.17. The van der Waals surface area contributed by atoms with Crippen molar-refractivity contribution in [1.82, 2.24) is 9.80 Å². The molecule has 0 unspecified atom stereocenters. The Morgan fingerprint density at radius 3 is 2.29 bits per heavy atom. The Hall–Kier alpha value is -1.44. The van der Waals surface area contributed by atoms with E-state index >= 15 is 0 Å². The van der Waals surface area contributed by atoms with E-state index in [2.05, 4.69) is 0 Å². The number of carbonyl (C=O) groups excluding carboxylic acids is 4. The monoisotopic (exact) mass is 348 g/mol. The van der Waals surface area contributed by atoms with Gasteiger partial charge in [-0.1, -0.05) is 23.2 Å². The predicted molar refractivity (Wildman–Crippen MR) is 77.8 cm³/mol. The summed E-state index contributed by atoms with van der Waals surface area (Å²) in [4.78, 5) is 49.1. The maximum Gasteiger partial charge on any atom is 0.334 e. The van der Waals surface area contributed by atoms with Crippen molar-refractivity contribution in [3.63, 3.8) is 0 Å². The van der Waals surface area contributed by atoms with Gasteiger partial charge in [-0.25, -0.2) is 9.69 Å². The zero-order valence-electron chi connectivity index (χ0n) is 11.1. The highest BCUT2D eigenvalue weighted by Gasteiger charge is 2.46. The molecule has 0 saturated carbocycles. The van der Waals surface area contributed by atoms with Crippen LogP contribution in [0.25, 0.3) is 0 Å². The van der Waals surface area contributed by atoms with Gasteiger partial charge in [0, 0.05) is 6.04 Å². The number of Topliss-reactive ketones (excluding diaryl/α,β-unsaturated/α-hetero) is 1. The van der Waals surface area contributed by atoms with Gasteiger partial charge in [0.05, 0.1) is 16.4 Å². The molecule has 0 spiro atoms. The lowest BCUT2D eigenvalue weighted by atomic mass is 10.2. The van der Waals surface area contributed by atoms with Gasteiger partial charge in [-0.05, 0) is 19.9 Å². The predicted octanol–water partition coefficient (Wildman–Crippen LogP) is 2.44. The van der Waals surface area contributed by atoms with E-state index in [9.17, 15) is 19.2 Å². The second-order valence-corrected chi connectivity index (χ2v) is 6.89. The van der Waals surface area contributed by atoms with Crippen LogP contribution in [0, 0.1) is 0 Å². The molecule has 6 nitrogen and oxygen atoms in total. The lowest BCUT2D eigenvalue weighted by molar-refractivity contribution is -0.143. The van der Waals surface area contributed by atoms with Crippen LogP contribution in [0.15, 0.2) is 6.07 Å². The first-order valence-corrected chi connectivity index (χ1v) is 7.48. The number of hydrogen-bond donors (Lipinski definition) is 0. The first kappa shape index (κ1) is 15.9. The number of imide groups is 2. The molecule has 1 aromatic heterocycles. The van der Waals surface area contributed by atoms with E-state index in [1.54, 1.807) is 13.8 Å². The van der Waals surface area contributed by atoms with Crippen LogP contribution in [0.1, 0.15) is 24.2 Å². The average Bonchev–Trinajstić information content (AvgIpc) is 2.82. The largest absolute Gasteiger partial charge is 0.334 e. The molecule has 1 fully saturated rings. The van der Waals surface area contributed by atoms with E-state index in [-0.39, 0.29) is 9.90 Å². The van der Waals surface area contributed by atoms with Gasteiger partial charge in [0.15, 0.2) is 5.78 Å². The van der Waals surface area contributed by atoms with Gasteiger partial charge in [-0.3, -0.25) is 19.3 Å². The van der Waals surface area contributed by atoms with Gasteiger partial charge in [0.1, 0.15) is 4.34 Å². The molecule has 1 saturated heterocycles. The van der Waals surface area contributed by atoms with E-state index in [0.29, 0.717) is 9.24 Å². The second kappa shape index (κ2) is 5.75. The van der Waals surface area contributed by atoms with E-state index in [1.807, 2.05) is 0 Å². The van der Waals surface area contributed by atoms with E-state index < -0.39 is 36.2 Å². The summed E-state index contributed by atoms with van der Waals surface area (Å²) in [7, 11) is 0. The highest BCUT2D eigenvalue weighted by molar-refractivity contribution is 7.20. The normalized spacial score (nSPS) is 15.6. The first-order chi connectivity index (χ1) is 9.73. The van der Waals surface area contributed by atoms with Gasteiger partial charge in [0.2, 0.25) is 0 Å². The van der Waals surface area contributed by atoms with E-state index in [0.717, 1.165) is 16.2 Å². The third-order valence-electron chi connectivity index (χ3n) is 2.86. The summed E-state index contributed by atoms with van der Waals surface area (Å²) in [6.45, 7) is 2.66. The van der Waals surface area contributed by atoms with Crippen LogP contribution < -0.4 is 0 Å². The Morgan fingerprint density at radius 1 is 1.24 bits per heavy atom. The first-order valence-electron chi connectivity index (χ1n) is 5.91. The minimum atomic E-state index is -1.01. The summed E-state index contributed by atoms with van der Waals surface area (Å²) in [6.07, 6.45) is 0. The third kappa shape index (κ3) is 2.81. The Kier molecular flexibility index (Phi) is 4.36. The fourth-order valence-corrected chi connectivity index (χ4v) is 3.38. The molecule has 4 amide bonds. The zero-order valence-corrected chi connectivity index (χ0v) is 13.4. The van der Waals surface area contributed by atoms with Crippen LogP contribution in [0.2, 0.25) is 8.67 Å². The van der Waals surface area contributed by atoms with Crippen molar-refractivity contribution in [3.05, 3.63) is 20.3 Å². The van der Waals surface area contributed by atoms with E-state index in [1.165, 1.54) is 6.07 Å². The second-order valence-electron chi connectivity index (χ2n) is 4.60. The molecular weight excluding hydrogens is 339 g/mol. The zero-order chi connectivity index (χ0) is 15.9. The van der Waals surface area contributed by atoms with Crippen LogP contribution in [0.3, 0.4) is 0 Å². The number of urea groups is 1. The molecule has 0 bridgehead atoms. The SMILES string of the molecule is CC(C)N1C(=O)C(=O)N(CC(=O)c2cc(Cl)sc2Cl)C1=O. The molecule has 0 radical (unpaired) electrons. The molecule has 0 aliphatic carbocycles. The van der Waals surface area contributed by atoms with Crippen molar-refractivity contribution in [2.75, 3.05) is 6.54 Å². The fourth-order valence-electron chi connectivity index (χ4n) is 1.88. The number of halogens is 2. The van der Waals surface area contributed by atoms with Crippen molar-refractivity contribution in [2.45, 2.75) is 19.9 Å². The highest BCUT2D eigenvalue weighted by Crippen LogP contribution is 2.31. The summed E-state index contributed by atoms with van der Waals surface area (Å²) in [6, 6.07) is 0.100. The number of ketones is 1. The van der Waals surface area contributed by atoms with Crippen LogP contribution in [-0.2, 0) is 9.59 Å². The Morgan fingerprint density at radius 2 is 1.86 bits per heavy atom. The van der Waals surface area contributed by atoms with Crippen molar-refractivity contribution in [1.29, 1.82) is 0 Å². The Balaban J connectivity index is 2.22. The van der Waals surface area contributed by atoms with Gasteiger partial charge >= 0.3 is 17.8 Å². The van der Waals surface area contributed by atoms with Gasteiger partial charge in [-0.15, -0.1) is 11.3 Å². The number of carbonyl (C=O) groups is 4. The molecule has 1 aliphatic heterocycles. The summed E-state index contributed by atoms with van der Waals surface area (Å²) >= 11 is 12.6. The molecule has 9 heteroatoms. The number of rotatable bonds is 4. The van der Waals surface area contributed by atoms with Gasteiger partial charge in [0.25, 0.3) is 0 Å². The molecule has 112 valence electrons. The molecule has 21 heavy (non-hydrogen) atoms. The summed E-state index contributed by atoms with van der Waals surface area (Å²) < 4.78 is 0.499. The molecule has 0 aromatic carbocycles. The molecule has 1 aliphatic rings. The maximum absolute atomic E-state index is 12.1. The lowest BCUT2D eigenvalue weighted by Crippen LogP contribution is -2.39. The van der Waals surface area contributed by atoms with Crippen LogP contribution in [0.5, 0.6) is 0 Å². The molecular formula is C12H10Cl2N2O4S. The fraction of sp³-hybridized carbons (Fsp3) is 0.333. The minimum absolute atomic E-state index is 0.128. The van der Waals surface area contributed by atoms with Crippen molar-refractivity contribution in [3.8, 4) is 0 Å². The molecule has 0 N–H and O–H groups in total.